The summed E-state index contributed by atoms with van der Waals surface area (Å²) in [4.78, 5) is 14.4. The Bertz CT molecular complexity index is 822. The number of aryl methyl sites for hydroxylation is 1. The van der Waals surface area contributed by atoms with E-state index in [2.05, 4.69) is 29.3 Å². The minimum atomic E-state index is 0.0681. The van der Waals surface area contributed by atoms with E-state index in [1.807, 2.05) is 17.9 Å². The van der Waals surface area contributed by atoms with Gasteiger partial charge in [-0.3, -0.25) is 4.79 Å². The fraction of sp³-hybridized carbons (Fsp3) is 0.526. The monoisotopic (exact) mass is 373 g/mol. The highest BCUT2D eigenvalue weighted by atomic mass is 32.1. The molecule has 0 spiro atoms. The highest BCUT2D eigenvalue weighted by Gasteiger charge is 2.35. The van der Waals surface area contributed by atoms with Gasteiger partial charge in [-0.1, -0.05) is 13.0 Å². The molecular weight excluding hydrogens is 350 g/mol. The van der Waals surface area contributed by atoms with Crippen LogP contribution in [0.2, 0.25) is 0 Å². The molecule has 6 nitrogen and oxygen atoms in total. The molecule has 7 heteroatoms. The third-order valence-electron chi connectivity index (χ3n) is 5.10. The zero-order chi connectivity index (χ0) is 18.1. The molecule has 1 aromatic heterocycles. The van der Waals surface area contributed by atoms with Crippen LogP contribution < -0.4 is 9.47 Å². The first-order valence-corrected chi connectivity index (χ1v) is 9.78. The molecule has 0 N–H and O–H groups in total. The first-order valence-electron chi connectivity index (χ1n) is 8.96. The Kier molecular flexibility index (Phi) is 4.56. The van der Waals surface area contributed by atoms with Crippen LogP contribution in [0.15, 0.2) is 18.2 Å². The van der Waals surface area contributed by atoms with Crippen LogP contribution in [0.25, 0.3) is 0 Å². The summed E-state index contributed by atoms with van der Waals surface area (Å²) in [7, 11) is 0. The molecule has 1 atom stereocenters. The predicted octanol–water partition coefficient (Wildman–Crippen LogP) is 2.99. The molecule has 2 aromatic rings. The smallest absolute Gasteiger partial charge is 0.231 e. The number of rotatable bonds is 5. The van der Waals surface area contributed by atoms with E-state index in [-0.39, 0.29) is 11.3 Å². The fourth-order valence-electron chi connectivity index (χ4n) is 3.76. The summed E-state index contributed by atoms with van der Waals surface area (Å²) in [6.07, 6.45) is 3.22. The molecule has 0 unspecified atom stereocenters. The number of carbonyl (C=O) groups excluding carboxylic acids is 1. The van der Waals surface area contributed by atoms with Crippen molar-refractivity contribution in [3.63, 3.8) is 0 Å². The van der Waals surface area contributed by atoms with Crippen molar-refractivity contribution in [1.29, 1.82) is 0 Å². The zero-order valence-corrected chi connectivity index (χ0v) is 16.0. The normalized spacial score (nSPS) is 22.1. The molecule has 1 fully saturated rings. The van der Waals surface area contributed by atoms with E-state index in [0.29, 0.717) is 19.8 Å². The first kappa shape index (κ1) is 17.3. The van der Waals surface area contributed by atoms with Crippen LogP contribution in [-0.2, 0) is 17.6 Å². The van der Waals surface area contributed by atoms with Gasteiger partial charge in [0.05, 0.1) is 0 Å². The molecule has 2 aliphatic rings. The fourth-order valence-corrected chi connectivity index (χ4v) is 4.45. The SMILES string of the molecule is Cc1nnc(CCN2C[C@@](C)(Cc3ccc4c(c3)OCO4)CCC2=O)s1. The summed E-state index contributed by atoms with van der Waals surface area (Å²) in [6.45, 7) is 6.01. The number of amides is 1. The van der Waals surface area contributed by atoms with Crippen molar-refractivity contribution in [3.8, 4) is 11.5 Å². The maximum atomic E-state index is 12.4. The average molecular weight is 373 g/mol. The van der Waals surface area contributed by atoms with Crippen molar-refractivity contribution < 1.29 is 14.3 Å². The molecule has 0 bridgehead atoms. The van der Waals surface area contributed by atoms with Gasteiger partial charge in [0.15, 0.2) is 11.5 Å². The highest BCUT2D eigenvalue weighted by molar-refractivity contribution is 7.11. The van der Waals surface area contributed by atoms with Crippen LogP contribution in [-0.4, -0.2) is 40.9 Å². The second-order valence-corrected chi connectivity index (χ2v) is 8.72. The Labute approximate surface area is 157 Å². The quantitative estimate of drug-likeness (QED) is 0.806. The Morgan fingerprint density at radius 3 is 2.92 bits per heavy atom. The van der Waals surface area contributed by atoms with Gasteiger partial charge >= 0.3 is 0 Å². The second kappa shape index (κ2) is 6.87. The van der Waals surface area contributed by atoms with E-state index in [9.17, 15) is 4.79 Å². The van der Waals surface area contributed by atoms with Crippen molar-refractivity contribution in [2.24, 2.45) is 5.41 Å². The Morgan fingerprint density at radius 1 is 1.27 bits per heavy atom. The summed E-state index contributed by atoms with van der Waals surface area (Å²) in [5.74, 6) is 1.88. The topological polar surface area (TPSA) is 64.6 Å². The molecule has 1 saturated heterocycles. The second-order valence-electron chi connectivity index (χ2n) is 7.46. The van der Waals surface area contributed by atoms with Crippen LogP contribution >= 0.6 is 11.3 Å². The van der Waals surface area contributed by atoms with Crippen LogP contribution in [0.3, 0.4) is 0 Å². The summed E-state index contributed by atoms with van der Waals surface area (Å²) < 4.78 is 10.9. The lowest BCUT2D eigenvalue weighted by Gasteiger charge is -2.40. The number of hydrogen-bond acceptors (Lipinski definition) is 6. The van der Waals surface area contributed by atoms with Gasteiger partial charge in [0.25, 0.3) is 0 Å². The van der Waals surface area contributed by atoms with Gasteiger partial charge in [0.2, 0.25) is 12.7 Å². The van der Waals surface area contributed by atoms with Crippen molar-refractivity contribution in [2.75, 3.05) is 19.9 Å². The Hall–Kier alpha value is -2.15. The summed E-state index contributed by atoms with van der Waals surface area (Å²) in [6, 6.07) is 6.15. The number of ether oxygens (including phenoxy) is 2. The van der Waals surface area contributed by atoms with Gasteiger partial charge in [-0.05, 0) is 42.9 Å². The molecule has 26 heavy (non-hydrogen) atoms. The summed E-state index contributed by atoms with van der Waals surface area (Å²) in [5, 5.41) is 10.2. The maximum Gasteiger partial charge on any atom is 0.231 e. The number of hydrogen-bond donors (Lipinski definition) is 0. The van der Waals surface area contributed by atoms with Gasteiger partial charge in [-0.2, -0.15) is 0 Å². The average Bonchev–Trinajstić information content (AvgIpc) is 3.24. The van der Waals surface area contributed by atoms with E-state index in [4.69, 9.17) is 9.47 Å². The van der Waals surface area contributed by atoms with E-state index in [0.717, 1.165) is 47.3 Å². The molecule has 0 saturated carbocycles. The highest BCUT2D eigenvalue weighted by Crippen LogP contribution is 2.37. The van der Waals surface area contributed by atoms with Crippen molar-refractivity contribution in [1.82, 2.24) is 15.1 Å². The molecule has 0 radical (unpaired) electrons. The number of aromatic nitrogens is 2. The van der Waals surface area contributed by atoms with Crippen molar-refractivity contribution in [3.05, 3.63) is 33.8 Å². The molecule has 1 amide bonds. The van der Waals surface area contributed by atoms with Crippen LogP contribution in [0.5, 0.6) is 11.5 Å². The lowest BCUT2D eigenvalue weighted by Crippen LogP contribution is -2.46. The molecule has 2 aliphatic heterocycles. The van der Waals surface area contributed by atoms with Crippen LogP contribution in [0.4, 0.5) is 0 Å². The van der Waals surface area contributed by atoms with E-state index in [1.54, 1.807) is 11.3 Å². The standard InChI is InChI=1S/C19H23N3O3S/c1-13-20-21-17(26-13)6-8-22-11-19(2,7-5-18(22)23)10-14-3-4-15-16(9-14)25-12-24-15/h3-4,9H,5-8,10-12H2,1-2H3/t19-/m1/s1. The first-order chi connectivity index (χ1) is 12.5. The molecule has 4 rings (SSSR count). The number of piperidine rings is 1. The summed E-state index contributed by atoms with van der Waals surface area (Å²) >= 11 is 1.61. The lowest BCUT2D eigenvalue weighted by molar-refractivity contribution is -0.137. The Morgan fingerprint density at radius 2 is 2.12 bits per heavy atom. The van der Waals surface area contributed by atoms with Crippen LogP contribution in [0, 0.1) is 12.3 Å². The maximum absolute atomic E-state index is 12.4. The number of benzene rings is 1. The molecule has 3 heterocycles. The number of nitrogens with zero attached hydrogens (tertiary/aromatic N) is 3. The zero-order valence-electron chi connectivity index (χ0n) is 15.2. The lowest BCUT2D eigenvalue weighted by atomic mass is 9.76. The molecule has 1 aromatic carbocycles. The third-order valence-corrected chi connectivity index (χ3v) is 6.00. The third kappa shape index (κ3) is 3.67. The van der Waals surface area contributed by atoms with E-state index < -0.39 is 0 Å². The van der Waals surface area contributed by atoms with Gasteiger partial charge < -0.3 is 14.4 Å². The van der Waals surface area contributed by atoms with Gasteiger partial charge in [0, 0.05) is 25.9 Å². The molecule has 138 valence electrons. The van der Waals surface area contributed by atoms with E-state index in [1.165, 1.54) is 5.56 Å². The van der Waals surface area contributed by atoms with Crippen molar-refractivity contribution in [2.45, 2.75) is 39.5 Å². The summed E-state index contributed by atoms with van der Waals surface area (Å²) in [5.41, 5.74) is 1.30. The van der Waals surface area contributed by atoms with Gasteiger partial charge in [-0.25, -0.2) is 0 Å². The van der Waals surface area contributed by atoms with Gasteiger partial charge in [0.1, 0.15) is 10.0 Å². The number of likely N-dealkylation sites (tertiary alicyclic amines) is 1. The van der Waals surface area contributed by atoms with E-state index >= 15 is 0 Å². The Balaban J connectivity index is 1.41. The number of fused-ring (bicyclic) bond motifs is 1. The van der Waals surface area contributed by atoms with Crippen LogP contribution in [0.1, 0.15) is 35.3 Å². The largest absolute Gasteiger partial charge is 0.454 e. The van der Waals surface area contributed by atoms with Gasteiger partial charge in [-0.15, -0.1) is 21.5 Å². The molecular formula is C19H23N3O3S. The minimum Gasteiger partial charge on any atom is -0.454 e. The van der Waals surface area contributed by atoms with Crippen molar-refractivity contribution >= 4 is 17.2 Å². The molecule has 0 aliphatic carbocycles. The number of carbonyl (C=O) groups is 1. The predicted molar refractivity (Wildman–Crippen MR) is 98.5 cm³/mol. The minimum absolute atomic E-state index is 0.0681.